The van der Waals surface area contributed by atoms with Crippen LogP contribution in [0.15, 0.2) is 28.9 Å². The zero-order chi connectivity index (χ0) is 16.2. The second kappa shape index (κ2) is 8.86. The molecule has 0 aliphatic heterocycles. The summed E-state index contributed by atoms with van der Waals surface area (Å²) in [6.45, 7) is 13.2. The second-order valence-corrected chi connectivity index (χ2v) is 6.33. The third kappa shape index (κ3) is 5.23. The van der Waals surface area contributed by atoms with Crippen molar-refractivity contribution in [1.82, 2.24) is 0 Å². The number of aryl methyl sites for hydroxylation is 1. The Morgan fingerprint density at radius 1 is 1.14 bits per heavy atom. The van der Waals surface area contributed by atoms with Crippen LogP contribution in [0.1, 0.15) is 51.3 Å². The van der Waals surface area contributed by atoms with Gasteiger partial charge < -0.3 is 10.2 Å². The van der Waals surface area contributed by atoms with Gasteiger partial charge in [-0.3, -0.25) is 6.08 Å². The van der Waals surface area contributed by atoms with Gasteiger partial charge in [0.1, 0.15) is 0 Å². The van der Waals surface area contributed by atoms with Crippen molar-refractivity contribution in [3.05, 3.63) is 51.6 Å². The maximum atomic E-state index is 8.84. The third-order valence-corrected chi connectivity index (χ3v) is 4.40. The summed E-state index contributed by atoms with van der Waals surface area (Å²) >= 11 is 0. The Bertz CT molecular complexity index is 548. The van der Waals surface area contributed by atoms with Gasteiger partial charge in [0.2, 0.25) is 0 Å². The molecule has 0 radical (unpaired) electrons. The van der Waals surface area contributed by atoms with Gasteiger partial charge in [0.05, 0.1) is 0 Å². The molecule has 1 aliphatic rings. The summed E-state index contributed by atoms with van der Waals surface area (Å²) in [6, 6.07) is 3.94. The molecule has 1 aliphatic carbocycles. The van der Waals surface area contributed by atoms with Gasteiger partial charge in [-0.05, 0) is 0 Å². The fraction of sp³-hybridized carbons (Fsp3) is 0.526. The van der Waals surface area contributed by atoms with E-state index in [1.807, 2.05) is 19.1 Å². The molecule has 1 aromatic rings. The van der Waals surface area contributed by atoms with E-state index in [1.54, 1.807) is 0 Å². The number of hydrogen-bond donors (Lipinski definition) is 2. The molecule has 0 heterocycles. The first-order valence-electron chi connectivity index (χ1n) is 7.49. The normalized spacial score (nSPS) is 15.9. The minimum Gasteiger partial charge on any atom is -0.404 e. The number of rotatable bonds is 3. The molecule has 2 N–H and O–H groups in total. The quantitative estimate of drug-likeness (QED) is 0.609. The van der Waals surface area contributed by atoms with E-state index in [4.69, 9.17) is 10.2 Å². The SMILES string of the molecule is CC1=[C-]C(C)(C)C(C)=C1C.Cc1cc(CCO)c[c-]1CO.[Ru+2]. The van der Waals surface area contributed by atoms with E-state index in [0.29, 0.717) is 6.42 Å². The Morgan fingerprint density at radius 3 is 2.00 bits per heavy atom. The van der Waals surface area contributed by atoms with Crippen LogP contribution >= 0.6 is 0 Å². The van der Waals surface area contributed by atoms with Crippen molar-refractivity contribution >= 4 is 0 Å². The van der Waals surface area contributed by atoms with Crippen molar-refractivity contribution in [2.45, 2.75) is 54.6 Å². The van der Waals surface area contributed by atoms with Crippen LogP contribution in [-0.2, 0) is 32.5 Å². The Hall–Kier alpha value is -0.627. The monoisotopic (exact) mass is 390 g/mol. The molecule has 0 aromatic heterocycles. The molecule has 0 unspecified atom stereocenters. The van der Waals surface area contributed by atoms with E-state index in [2.05, 4.69) is 40.7 Å². The Morgan fingerprint density at radius 2 is 1.73 bits per heavy atom. The molecule has 0 atom stereocenters. The van der Waals surface area contributed by atoms with Crippen LogP contribution in [0.2, 0.25) is 0 Å². The largest absolute Gasteiger partial charge is 2.00 e. The smallest absolute Gasteiger partial charge is 0.404 e. The fourth-order valence-corrected chi connectivity index (χ4v) is 2.60. The van der Waals surface area contributed by atoms with Crippen LogP contribution in [0.5, 0.6) is 0 Å². The van der Waals surface area contributed by atoms with E-state index >= 15 is 0 Å². The van der Waals surface area contributed by atoms with Crippen LogP contribution in [0, 0.1) is 18.4 Å². The van der Waals surface area contributed by atoms with E-state index in [1.165, 1.54) is 16.7 Å². The maximum Gasteiger partial charge on any atom is 2.00 e. The van der Waals surface area contributed by atoms with Crippen LogP contribution in [0.25, 0.3) is 0 Å². The molecular weight excluding hydrogens is 361 g/mol. The molecule has 0 saturated carbocycles. The predicted molar refractivity (Wildman–Crippen MR) is 88.1 cm³/mol. The van der Waals surface area contributed by atoms with Crippen LogP contribution in [0.3, 0.4) is 0 Å². The fourth-order valence-electron chi connectivity index (χ4n) is 2.60. The summed E-state index contributed by atoms with van der Waals surface area (Å²) in [5, 5.41) is 17.5. The molecule has 124 valence electrons. The van der Waals surface area contributed by atoms with Crippen molar-refractivity contribution < 1.29 is 29.7 Å². The van der Waals surface area contributed by atoms with Crippen LogP contribution in [0.4, 0.5) is 0 Å². The molecule has 0 saturated heterocycles. The standard InChI is InChI=1S/C10H15.C9H13O2.Ru/c1-7-6-10(4,5)9(3)8(7)2;1-7-4-8(2-3-10)5-9(7)6-11;/h1-5H3;4-5,10-11H,2-3,6H2,1H3;/q2*-1;+2. The molecule has 0 spiro atoms. The Balaban J connectivity index is 0.000000385. The molecule has 0 fully saturated rings. The zero-order valence-corrected chi connectivity index (χ0v) is 16.3. The molecule has 2 rings (SSSR count). The molecule has 22 heavy (non-hydrogen) atoms. The van der Waals surface area contributed by atoms with Gasteiger partial charge in [0, 0.05) is 13.2 Å². The summed E-state index contributed by atoms with van der Waals surface area (Å²) in [4.78, 5) is 0. The van der Waals surface area contributed by atoms with Gasteiger partial charge in [-0.2, -0.15) is 28.3 Å². The Kier molecular flexibility index (Phi) is 8.61. The van der Waals surface area contributed by atoms with E-state index < -0.39 is 0 Å². The topological polar surface area (TPSA) is 40.5 Å². The zero-order valence-electron chi connectivity index (χ0n) is 14.5. The summed E-state index contributed by atoms with van der Waals surface area (Å²) in [5.74, 6) is 0. The van der Waals surface area contributed by atoms with Crippen LogP contribution in [-0.4, -0.2) is 16.8 Å². The average molecular weight is 390 g/mol. The third-order valence-electron chi connectivity index (χ3n) is 4.40. The molecular formula is C19H28O2Ru. The number of hydrogen-bond acceptors (Lipinski definition) is 2. The minimum absolute atomic E-state index is 0. The van der Waals surface area contributed by atoms with E-state index in [9.17, 15) is 0 Å². The van der Waals surface area contributed by atoms with Gasteiger partial charge >= 0.3 is 19.5 Å². The minimum atomic E-state index is 0. The van der Waals surface area contributed by atoms with Crippen molar-refractivity contribution in [3.63, 3.8) is 0 Å². The van der Waals surface area contributed by atoms with E-state index in [0.717, 1.165) is 16.7 Å². The maximum absolute atomic E-state index is 8.84. The van der Waals surface area contributed by atoms with Crippen molar-refractivity contribution in [3.8, 4) is 0 Å². The number of aliphatic hydroxyl groups excluding tert-OH is 2. The number of aliphatic hydroxyl groups is 2. The first-order chi connectivity index (χ1) is 9.72. The molecule has 3 heteroatoms. The molecule has 0 amide bonds. The van der Waals surface area contributed by atoms with Crippen molar-refractivity contribution in [2.24, 2.45) is 5.41 Å². The average Bonchev–Trinajstić information content (AvgIpc) is 2.84. The first-order valence-corrected chi connectivity index (χ1v) is 7.49. The van der Waals surface area contributed by atoms with E-state index in [-0.39, 0.29) is 38.1 Å². The molecule has 2 nitrogen and oxygen atoms in total. The summed E-state index contributed by atoms with van der Waals surface area (Å²) < 4.78 is 0. The molecule has 1 aromatic carbocycles. The Labute approximate surface area is 148 Å². The summed E-state index contributed by atoms with van der Waals surface area (Å²) in [5.41, 5.74) is 7.57. The van der Waals surface area contributed by atoms with Gasteiger partial charge in [0.15, 0.2) is 0 Å². The first kappa shape index (κ1) is 21.4. The predicted octanol–water partition coefficient (Wildman–Crippen LogP) is 3.85. The number of allylic oxidation sites excluding steroid dienone is 4. The van der Waals surface area contributed by atoms with Gasteiger partial charge in [-0.25, -0.2) is 11.6 Å². The van der Waals surface area contributed by atoms with Crippen LogP contribution < -0.4 is 0 Å². The summed E-state index contributed by atoms with van der Waals surface area (Å²) in [7, 11) is 0. The van der Waals surface area contributed by atoms with Gasteiger partial charge in [0.25, 0.3) is 0 Å². The second-order valence-electron chi connectivity index (χ2n) is 6.33. The van der Waals surface area contributed by atoms with Gasteiger partial charge in [-0.1, -0.05) is 46.5 Å². The van der Waals surface area contributed by atoms with Crippen molar-refractivity contribution in [2.75, 3.05) is 6.61 Å². The van der Waals surface area contributed by atoms with Gasteiger partial charge in [-0.15, -0.1) is 12.5 Å². The molecule has 0 bridgehead atoms. The van der Waals surface area contributed by atoms with Crippen molar-refractivity contribution in [1.29, 1.82) is 0 Å². The summed E-state index contributed by atoms with van der Waals surface area (Å²) in [6.07, 6.45) is 4.12.